The van der Waals surface area contributed by atoms with Crippen LogP contribution in [0.15, 0.2) is 15.5 Å². The normalized spacial score (nSPS) is 11.9. The highest BCUT2D eigenvalue weighted by molar-refractivity contribution is 9.10. The summed E-state index contributed by atoms with van der Waals surface area (Å²) in [5, 5.41) is 16.5. The number of nitrogens with one attached hydrogen (secondary N) is 1. The van der Waals surface area contributed by atoms with E-state index in [-0.39, 0.29) is 18.7 Å². The van der Waals surface area contributed by atoms with Gasteiger partial charge in [0, 0.05) is 13.7 Å². The Bertz CT molecular complexity index is 510. The van der Waals surface area contributed by atoms with Crippen molar-refractivity contribution in [2.24, 2.45) is 0 Å². The lowest BCUT2D eigenvalue weighted by Gasteiger charge is -2.12. The Balaban J connectivity index is 2.63. The fourth-order valence-electron chi connectivity index (χ4n) is 1.44. The van der Waals surface area contributed by atoms with Crippen LogP contribution in [-0.4, -0.2) is 41.3 Å². The molecule has 19 heavy (non-hydrogen) atoms. The number of halogens is 1. The van der Waals surface area contributed by atoms with Crippen molar-refractivity contribution in [1.29, 1.82) is 0 Å². The number of hydrogen-bond acceptors (Lipinski definition) is 5. The number of hydrogen-bond donors (Lipinski definition) is 2. The third kappa shape index (κ3) is 4.67. The van der Waals surface area contributed by atoms with E-state index >= 15 is 0 Å². The second-order valence-corrected chi connectivity index (χ2v) is 4.66. The van der Waals surface area contributed by atoms with Crippen molar-refractivity contribution >= 4 is 21.6 Å². The average molecular weight is 330 g/mol. The van der Waals surface area contributed by atoms with Crippen LogP contribution >= 0.6 is 15.9 Å². The van der Waals surface area contributed by atoms with Gasteiger partial charge in [-0.15, -0.1) is 6.42 Å². The molecule has 0 saturated carbocycles. The van der Waals surface area contributed by atoms with Crippen molar-refractivity contribution in [3.8, 4) is 12.3 Å². The Morgan fingerprint density at radius 2 is 2.47 bits per heavy atom. The number of rotatable bonds is 7. The molecule has 0 aliphatic carbocycles. The van der Waals surface area contributed by atoms with E-state index in [0.717, 1.165) is 0 Å². The quantitative estimate of drug-likeness (QED) is 0.710. The van der Waals surface area contributed by atoms with Crippen LogP contribution < -0.4 is 10.9 Å². The summed E-state index contributed by atoms with van der Waals surface area (Å²) < 4.78 is 6.38. The van der Waals surface area contributed by atoms with Crippen LogP contribution in [-0.2, 0) is 11.3 Å². The molecule has 1 aromatic heterocycles. The fraction of sp³-hybridized carbons (Fsp3) is 0.500. The number of methoxy groups -OCH3 is 1. The predicted octanol–water partition coefficient (Wildman–Crippen LogP) is 0.448. The SMILES string of the molecule is C#CCn1ncc(NCCC(O)COC)c(Br)c1=O. The number of ether oxygens (including phenoxy) is 1. The molecule has 6 nitrogen and oxygen atoms in total. The topological polar surface area (TPSA) is 76.4 Å². The van der Waals surface area contributed by atoms with E-state index in [9.17, 15) is 9.90 Å². The molecular weight excluding hydrogens is 314 g/mol. The van der Waals surface area contributed by atoms with Gasteiger partial charge in [0.2, 0.25) is 0 Å². The zero-order chi connectivity index (χ0) is 14.3. The van der Waals surface area contributed by atoms with Crippen LogP contribution in [0.2, 0.25) is 0 Å². The molecule has 2 N–H and O–H groups in total. The van der Waals surface area contributed by atoms with Crippen molar-refractivity contribution in [3.63, 3.8) is 0 Å². The monoisotopic (exact) mass is 329 g/mol. The molecule has 0 saturated heterocycles. The molecule has 0 amide bonds. The molecule has 0 spiro atoms. The van der Waals surface area contributed by atoms with Crippen molar-refractivity contribution in [2.45, 2.75) is 19.1 Å². The number of nitrogens with zero attached hydrogens (tertiary/aromatic N) is 2. The summed E-state index contributed by atoms with van der Waals surface area (Å²) in [5.74, 6) is 2.36. The van der Waals surface area contributed by atoms with Gasteiger partial charge < -0.3 is 15.2 Å². The Morgan fingerprint density at radius 3 is 3.11 bits per heavy atom. The first-order valence-corrected chi connectivity index (χ1v) is 6.49. The molecule has 0 aromatic carbocycles. The van der Waals surface area contributed by atoms with Gasteiger partial charge in [-0.05, 0) is 22.4 Å². The molecule has 1 aromatic rings. The summed E-state index contributed by atoms with van der Waals surface area (Å²) in [6, 6.07) is 0. The molecule has 1 rings (SSSR count). The summed E-state index contributed by atoms with van der Waals surface area (Å²) in [4.78, 5) is 11.8. The largest absolute Gasteiger partial charge is 0.391 e. The van der Waals surface area contributed by atoms with Crippen LogP contribution in [0.5, 0.6) is 0 Å². The first kappa shape index (κ1) is 15.7. The van der Waals surface area contributed by atoms with Gasteiger partial charge in [-0.25, -0.2) is 4.68 Å². The first-order chi connectivity index (χ1) is 9.10. The summed E-state index contributed by atoms with van der Waals surface area (Å²) >= 11 is 3.21. The Hall–Kier alpha value is -1.36. The van der Waals surface area contributed by atoms with E-state index in [2.05, 4.69) is 32.3 Å². The van der Waals surface area contributed by atoms with E-state index in [1.807, 2.05) is 0 Å². The third-order valence-electron chi connectivity index (χ3n) is 2.38. The maximum atomic E-state index is 11.8. The lowest BCUT2D eigenvalue weighted by atomic mass is 10.2. The molecule has 1 unspecified atom stereocenters. The second-order valence-electron chi connectivity index (χ2n) is 3.86. The van der Waals surface area contributed by atoms with Gasteiger partial charge in [0.25, 0.3) is 5.56 Å². The Labute approximate surface area is 119 Å². The molecule has 0 radical (unpaired) electrons. The van der Waals surface area contributed by atoms with Crippen LogP contribution in [0.25, 0.3) is 0 Å². The van der Waals surface area contributed by atoms with Crippen molar-refractivity contribution < 1.29 is 9.84 Å². The van der Waals surface area contributed by atoms with Crippen LogP contribution in [0.4, 0.5) is 5.69 Å². The standard InChI is InChI=1S/C12H16BrN3O3/c1-3-6-16-12(18)11(13)10(7-15-16)14-5-4-9(17)8-19-2/h1,7,9,14,17H,4-6,8H2,2H3. The molecule has 104 valence electrons. The fourth-order valence-corrected chi connectivity index (χ4v) is 1.88. The van der Waals surface area contributed by atoms with E-state index in [4.69, 9.17) is 11.2 Å². The lowest BCUT2D eigenvalue weighted by molar-refractivity contribution is 0.0615. The number of aliphatic hydroxyl groups excluding tert-OH is 1. The molecule has 7 heteroatoms. The van der Waals surface area contributed by atoms with E-state index in [1.54, 1.807) is 0 Å². The van der Waals surface area contributed by atoms with E-state index < -0.39 is 6.10 Å². The second kappa shape index (κ2) is 7.94. The minimum absolute atomic E-state index is 0.129. The maximum absolute atomic E-state index is 11.8. The van der Waals surface area contributed by atoms with Crippen molar-refractivity contribution in [3.05, 3.63) is 21.0 Å². The molecule has 1 atom stereocenters. The van der Waals surface area contributed by atoms with Crippen molar-refractivity contribution in [1.82, 2.24) is 9.78 Å². The lowest BCUT2D eigenvalue weighted by Crippen LogP contribution is -2.25. The Morgan fingerprint density at radius 1 is 1.74 bits per heavy atom. The number of aromatic nitrogens is 2. The predicted molar refractivity (Wildman–Crippen MR) is 76.0 cm³/mol. The molecule has 1 heterocycles. The minimum atomic E-state index is -0.536. The summed E-state index contributed by atoms with van der Waals surface area (Å²) in [7, 11) is 1.53. The molecule has 0 bridgehead atoms. The van der Waals surface area contributed by atoms with E-state index in [0.29, 0.717) is 23.1 Å². The average Bonchev–Trinajstić information content (AvgIpc) is 2.38. The zero-order valence-corrected chi connectivity index (χ0v) is 12.2. The smallest absolute Gasteiger partial charge is 0.284 e. The van der Waals surface area contributed by atoms with Gasteiger partial charge in [0.05, 0.1) is 24.6 Å². The maximum Gasteiger partial charge on any atom is 0.284 e. The van der Waals surface area contributed by atoms with Crippen LogP contribution in [0.3, 0.4) is 0 Å². The highest BCUT2D eigenvalue weighted by Gasteiger charge is 2.09. The van der Waals surface area contributed by atoms with Crippen molar-refractivity contribution in [2.75, 3.05) is 25.6 Å². The third-order valence-corrected chi connectivity index (χ3v) is 3.14. The van der Waals surface area contributed by atoms with Gasteiger partial charge in [-0.3, -0.25) is 4.79 Å². The molecule has 0 aliphatic rings. The number of terminal acetylenes is 1. The van der Waals surface area contributed by atoms with Gasteiger partial charge in [-0.2, -0.15) is 5.10 Å². The summed E-state index contributed by atoms with van der Waals surface area (Å²) in [5.41, 5.74) is 0.281. The van der Waals surface area contributed by atoms with Crippen LogP contribution in [0.1, 0.15) is 6.42 Å². The molecular formula is C12H16BrN3O3. The number of aliphatic hydroxyl groups is 1. The van der Waals surface area contributed by atoms with Gasteiger partial charge in [-0.1, -0.05) is 5.92 Å². The summed E-state index contributed by atoms with van der Waals surface area (Å²) in [6.45, 7) is 0.915. The molecule has 0 aliphatic heterocycles. The highest BCUT2D eigenvalue weighted by atomic mass is 79.9. The van der Waals surface area contributed by atoms with Gasteiger partial charge in [0.1, 0.15) is 11.0 Å². The Kier molecular flexibility index (Phi) is 6.56. The molecule has 0 fully saturated rings. The zero-order valence-electron chi connectivity index (χ0n) is 10.6. The van der Waals surface area contributed by atoms with E-state index in [1.165, 1.54) is 18.0 Å². The highest BCUT2D eigenvalue weighted by Crippen LogP contribution is 2.15. The minimum Gasteiger partial charge on any atom is -0.391 e. The van der Waals surface area contributed by atoms with Crippen LogP contribution in [0, 0.1) is 12.3 Å². The number of anilines is 1. The van der Waals surface area contributed by atoms with Gasteiger partial charge >= 0.3 is 0 Å². The van der Waals surface area contributed by atoms with Gasteiger partial charge in [0.15, 0.2) is 0 Å². The summed E-state index contributed by atoms with van der Waals surface area (Å²) in [6.07, 6.45) is 6.63. The first-order valence-electron chi connectivity index (χ1n) is 5.70.